The molecule has 0 atom stereocenters. The molecule has 0 radical (unpaired) electrons. The second-order valence-corrected chi connectivity index (χ2v) is 9.06. The molecular weight excluding hydrogens is 413 g/mol. The van der Waals surface area contributed by atoms with Gasteiger partial charge < -0.3 is 15.0 Å². The summed E-state index contributed by atoms with van der Waals surface area (Å²) >= 11 is 1.73. The molecular formula is C23H34FN5OS. The fourth-order valence-electron chi connectivity index (χ4n) is 3.66. The number of nitrogens with zero attached hydrogens (tertiary/aromatic N) is 4. The Bertz CT molecular complexity index is 818. The Kier molecular flexibility index (Phi) is 9.09. The van der Waals surface area contributed by atoms with Crippen LogP contribution in [0.3, 0.4) is 0 Å². The van der Waals surface area contributed by atoms with Gasteiger partial charge in [-0.25, -0.2) is 9.37 Å². The molecule has 1 aliphatic rings. The predicted molar refractivity (Wildman–Crippen MR) is 125 cm³/mol. The average Bonchev–Trinajstić information content (AvgIpc) is 3.18. The summed E-state index contributed by atoms with van der Waals surface area (Å²) in [4.78, 5) is 14.1. The third-order valence-electron chi connectivity index (χ3n) is 5.46. The highest BCUT2D eigenvalue weighted by atomic mass is 32.1. The lowest BCUT2D eigenvalue weighted by atomic mass is 9.97. The number of aromatic nitrogens is 1. The van der Waals surface area contributed by atoms with Crippen molar-refractivity contribution in [2.24, 2.45) is 10.9 Å². The summed E-state index contributed by atoms with van der Waals surface area (Å²) in [6.07, 6.45) is 2.34. The number of halogens is 1. The minimum atomic E-state index is -0.255. The second kappa shape index (κ2) is 12.0. The van der Waals surface area contributed by atoms with Crippen LogP contribution in [0.1, 0.15) is 30.5 Å². The summed E-state index contributed by atoms with van der Waals surface area (Å²) < 4.78 is 18.7. The van der Waals surface area contributed by atoms with E-state index in [-0.39, 0.29) is 5.82 Å². The lowest BCUT2D eigenvalue weighted by Gasteiger charge is -2.31. The second-order valence-electron chi connectivity index (χ2n) is 8.00. The molecule has 3 rings (SSSR count). The van der Waals surface area contributed by atoms with Gasteiger partial charge in [-0.3, -0.25) is 9.89 Å². The molecule has 0 bridgehead atoms. The number of aryl methyl sites for hydroxylation is 1. The number of guanidine groups is 1. The van der Waals surface area contributed by atoms with Gasteiger partial charge in [-0.05, 0) is 70.0 Å². The van der Waals surface area contributed by atoms with Crippen LogP contribution >= 0.6 is 11.3 Å². The summed E-state index contributed by atoms with van der Waals surface area (Å²) in [5, 5.41) is 6.69. The van der Waals surface area contributed by atoms with Gasteiger partial charge in [0, 0.05) is 32.1 Å². The summed E-state index contributed by atoms with van der Waals surface area (Å²) in [5.41, 5.74) is 1.19. The van der Waals surface area contributed by atoms with Crippen molar-refractivity contribution in [3.63, 3.8) is 0 Å². The lowest BCUT2D eigenvalue weighted by molar-refractivity contribution is 0.179. The number of rotatable bonds is 9. The normalized spacial score (nSPS) is 15.8. The van der Waals surface area contributed by atoms with Gasteiger partial charge in [-0.2, -0.15) is 0 Å². The largest absolute Gasteiger partial charge is 0.492 e. The van der Waals surface area contributed by atoms with Crippen LogP contribution in [0.2, 0.25) is 0 Å². The molecule has 31 heavy (non-hydrogen) atoms. The van der Waals surface area contributed by atoms with Crippen LogP contribution in [0.25, 0.3) is 0 Å². The first-order valence-electron chi connectivity index (χ1n) is 11.0. The molecule has 0 amide bonds. The van der Waals surface area contributed by atoms with E-state index in [0.29, 0.717) is 24.8 Å². The smallest absolute Gasteiger partial charge is 0.193 e. The summed E-state index contributed by atoms with van der Waals surface area (Å²) in [6, 6.07) is 6.12. The Labute approximate surface area is 189 Å². The fraction of sp³-hybridized carbons (Fsp3) is 0.565. The molecule has 6 nitrogen and oxygen atoms in total. The summed E-state index contributed by atoms with van der Waals surface area (Å²) in [6.45, 7) is 10.2. The maximum atomic E-state index is 13.0. The number of hydrogen-bond acceptors (Lipinski definition) is 5. The SMILES string of the molecule is CCNC(=NCC1CCN(Cc2csc(C)n2)CC1)N(C)CCOc1ccc(F)cc1. The van der Waals surface area contributed by atoms with E-state index in [1.54, 1.807) is 23.5 Å². The van der Waals surface area contributed by atoms with E-state index in [1.165, 1.54) is 30.7 Å². The molecule has 1 aromatic heterocycles. The molecule has 1 fully saturated rings. The highest BCUT2D eigenvalue weighted by molar-refractivity contribution is 7.09. The van der Waals surface area contributed by atoms with E-state index in [2.05, 4.69) is 39.3 Å². The molecule has 0 aliphatic carbocycles. The van der Waals surface area contributed by atoms with E-state index in [4.69, 9.17) is 9.73 Å². The molecule has 1 N–H and O–H groups in total. The third kappa shape index (κ3) is 7.78. The van der Waals surface area contributed by atoms with Crippen LogP contribution in [-0.4, -0.2) is 67.1 Å². The van der Waals surface area contributed by atoms with Gasteiger partial charge in [0.1, 0.15) is 18.2 Å². The minimum Gasteiger partial charge on any atom is -0.492 e. The number of hydrogen-bond donors (Lipinski definition) is 1. The van der Waals surface area contributed by atoms with E-state index >= 15 is 0 Å². The van der Waals surface area contributed by atoms with Gasteiger partial charge in [-0.1, -0.05) is 0 Å². The zero-order valence-corrected chi connectivity index (χ0v) is 19.6. The standard InChI is InChI=1S/C23H34FN5OS/c1-4-25-23(28(3)13-14-30-22-7-5-20(24)6-8-22)26-15-19-9-11-29(12-10-19)16-21-17-31-18(2)27-21/h5-8,17,19H,4,9-16H2,1-3H3,(H,25,26). The molecule has 1 aliphatic heterocycles. The predicted octanol–water partition coefficient (Wildman–Crippen LogP) is 3.78. The number of benzene rings is 1. The van der Waals surface area contributed by atoms with E-state index < -0.39 is 0 Å². The topological polar surface area (TPSA) is 53.0 Å². The van der Waals surface area contributed by atoms with Gasteiger partial charge in [-0.15, -0.1) is 11.3 Å². The van der Waals surface area contributed by atoms with Gasteiger partial charge in [0.15, 0.2) is 5.96 Å². The zero-order valence-electron chi connectivity index (χ0n) is 18.8. The van der Waals surface area contributed by atoms with Crippen molar-refractivity contribution in [1.82, 2.24) is 20.1 Å². The number of thiazole rings is 1. The molecule has 2 aromatic rings. The van der Waals surface area contributed by atoms with Gasteiger partial charge >= 0.3 is 0 Å². The Morgan fingerprint density at radius 3 is 2.71 bits per heavy atom. The molecule has 2 heterocycles. The van der Waals surface area contributed by atoms with Gasteiger partial charge in [0.25, 0.3) is 0 Å². The van der Waals surface area contributed by atoms with Gasteiger partial charge in [0.2, 0.25) is 0 Å². The Balaban J connectivity index is 1.41. The third-order valence-corrected chi connectivity index (χ3v) is 6.29. The maximum absolute atomic E-state index is 13.0. The minimum absolute atomic E-state index is 0.255. The number of likely N-dealkylation sites (N-methyl/N-ethyl adjacent to an activating group) is 1. The summed E-state index contributed by atoms with van der Waals surface area (Å²) in [7, 11) is 2.02. The Hall–Kier alpha value is -2.19. The van der Waals surface area contributed by atoms with E-state index in [1.807, 2.05) is 7.05 Å². The van der Waals surface area contributed by atoms with Crippen LogP contribution < -0.4 is 10.1 Å². The highest BCUT2D eigenvalue weighted by Crippen LogP contribution is 2.20. The first-order chi connectivity index (χ1) is 15.0. The van der Waals surface area contributed by atoms with Crippen LogP contribution in [0.15, 0.2) is 34.6 Å². The average molecular weight is 448 g/mol. The highest BCUT2D eigenvalue weighted by Gasteiger charge is 2.20. The van der Waals surface area contributed by atoms with Crippen molar-refractivity contribution in [2.45, 2.75) is 33.2 Å². The Morgan fingerprint density at radius 1 is 1.32 bits per heavy atom. The maximum Gasteiger partial charge on any atom is 0.193 e. The number of ether oxygens (including phenoxy) is 1. The quantitative estimate of drug-likeness (QED) is 0.468. The van der Waals surface area contributed by atoms with Crippen LogP contribution in [0.4, 0.5) is 4.39 Å². The van der Waals surface area contributed by atoms with Crippen molar-refractivity contribution >= 4 is 17.3 Å². The van der Waals surface area contributed by atoms with Crippen molar-refractivity contribution in [3.05, 3.63) is 46.2 Å². The lowest BCUT2D eigenvalue weighted by Crippen LogP contribution is -2.41. The first kappa shape index (κ1) is 23.5. The molecule has 8 heteroatoms. The van der Waals surface area contributed by atoms with E-state index in [9.17, 15) is 4.39 Å². The van der Waals surface area contributed by atoms with Crippen molar-refractivity contribution in [3.8, 4) is 5.75 Å². The first-order valence-corrected chi connectivity index (χ1v) is 11.9. The molecule has 0 spiro atoms. The molecule has 0 unspecified atom stereocenters. The number of nitrogens with one attached hydrogen (secondary N) is 1. The monoisotopic (exact) mass is 447 g/mol. The Morgan fingerprint density at radius 2 is 2.06 bits per heavy atom. The van der Waals surface area contributed by atoms with Crippen molar-refractivity contribution in [1.29, 1.82) is 0 Å². The molecule has 1 aromatic carbocycles. The molecule has 170 valence electrons. The van der Waals surface area contributed by atoms with E-state index in [0.717, 1.165) is 43.7 Å². The van der Waals surface area contributed by atoms with Crippen LogP contribution in [0.5, 0.6) is 5.75 Å². The number of likely N-dealkylation sites (tertiary alicyclic amines) is 1. The molecule has 0 saturated carbocycles. The fourth-order valence-corrected chi connectivity index (χ4v) is 4.26. The van der Waals surface area contributed by atoms with Crippen molar-refractivity contribution < 1.29 is 9.13 Å². The van der Waals surface area contributed by atoms with Crippen LogP contribution in [-0.2, 0) is 6.54 Å². The molecule has 1 saturated heterocycles. The number of aliphatic imine (C=N–C) groups is 1. The number of piperidine rings is 1. The summed E-state index contributed by atoms with van der Waals surface area (Å²) in [5.74, 6) is 1.95. The van der Waals surface area contributed by atoms with Crippen molar-refractivity contribution in [2.75, 3.05) is 46.4 Å². The van der Waals surface area contributed by atoms with Gasteiger partial charge in [0.05, 0.1) is 17.2 Å². The zero-order chi connectivity index (χ0) is 22.1. The van der Waals surface area contributed by atoms with Crippen LogP contribution in [0, 0.1) is 18.7 Å².